The molecule has 106 valence electrons. The van der Waals surface area contributed by atoms with Gasteiger partial charge in [-0.05, 0) is 18.2 Å². The molecule has 1 aromatic carbocycles. The number of benzene rings is 1. The lowest BCUT2D eigenvalue weighted by Gasteiger charge is -2.22. The lowest BCUT2D eigenvalue weighted by Crippen LogP contribution is -2.50. The third-order valence-corrected chi connectivity index (χ3v) is 3.47. The van der Waals surface area contributed by atoms with Crippen LogP contribution in [0.5, 0.6) is 5.75 Å². The molecule has 0 amide bonds. The molecule has 0 unspecified atom stereocenters. The molecule has 1 aromatic rings. The van der Waals surface area contributed by atoms with Crippen LogP contribution in [0.4, 0.5) is 0 Å². The summed E-state index contributed by atoms with van der Waals surface area (Å²) in [6.45, 7) is 0. The molecule has 1 aliphatic rings. The van der Waals surface area contributed by atoms with Gasteiger partial charge in [-0.15, -0.1) is 0 Å². The maximum atomic E-state index is 12.5. The van der Waals surface area contributed by atoms with Gasteiger partial charge in [0.1, 0.15) is 12.2 Å². The Hall–Kier alpha value is -1.89. The molecule has 0 N–H and O–H groups in total. The van der Waals surface area contributed by atoms with Crippen LogP contribution in [-0.2, 0) is 19.1 Å². The highest BCUT2D eigenvalue weighted by atomic mass is 79.9. The molecule has 0 saturated carbocycles. The highest BCUT2D eigenvalue weighted by Gasteiger charge is 2.57. The van der Waals surface area contributed by atoms with Gasteiger partial charge in [0.2, 0.25) is 5.78 Å². The topological polar surface area (TPSA) is 78.9 Å². The predicted molar refractivity (Wildman–Crippen MR) is 70.5 cm³/mol. The Morgan fingerprint density at radius 1 is 1.30 bits per heavy atom. The van der Waals surface area contributed by atoms with Gasteiger partial charge in [0.15, 0.2) is 0 Å². The molecule has 7 heteroatoms. The summed E-state index contributed by atoms with van der Waals surface area (Å²) in [6.07, 6.45) is -0.540. The average molecular weight is 343 g/mol. The molecule has 2 rings (SSSR count). The fraction of sp³-hybridized carbons (Fsp3) is 0.308. The second-order valence-electron chi connectivity index (χ2n) is 4.14. The minimum atomic E-state index is -2.01. The van der Waals surface area contributed by atoms with Gasteiger partial charge in [0, 0.05) is 4.47 Å². The summed E-state index contributed by atoms with van der Waals surface area (Å²) in [5.41, 5.74) is -1.79. The first-order chi connectivity index (χ1) is 9.44. The van der Waals surface area contributed by atoms with Crippen molar-refractivity contribution in [2.24, 2.45) is 0 Å². The van der Waals surface area contributed by atoms with E-state index < -0.39 is 29.7 Å². The Labute approximate surface area is 123 Å². The first-order valence-corrected chi connectivity index (χ1v) is 6.42. The van der Waals surface area contributed by atoms with Crippen molar-refractivity contribution in [1.29, 1.82) is 0 Å². The van der Waals surface area contributed by atoms with Crippen LogP contribution in [0.1, 0.15) is 16.8 Å². The van der Waals surface area contributed by atoms with Crippen LogP contribution >= 0.6 is 15.9 Å². The van der Waals surface area contributed by atoms with E-state index in [1.165, 1.54) is 6.07 Å². The predicted octanol–water partition coefficient (Wildman–Crippen LogP) is 1.50. The van der Waals surface area contributed by atoms with E-state index >= 15 is 0 Å². The molecule has 0 radical (unpaired) electrons. The lowest BCUT2D eigenvalue weighted by molar-refractivity contribution is -0.160. The van der Waals surface area contributed by atoms with E-state index in [9.17, 15) is 14.4 Å². The van der Waals surface area contributed by atoms with Gasteiger partial charge in [0.05, 0.1) is 19.8 Å². The van der Waals surface area contributed by atoms with Crippen LogP contribution in [0.25, 0.3) is 0 Å². The Bertz CT molecular complexity index is 597. The molecule has 0 aromatic heterocycles. The van der Waals surface area contributed by atoms with Crippen molar-refractivity contribution in [3.63, 3.8) is 0 Å². The van der Waals surface area contributed by atoms with E-state index in [1.807, 2.05) is 0 Å². The molecule has 20 heavy (non-hydrogen) atoms. The fourth-order valence-corrected chi connectivity index (χ4v) is 2.34. The molecule has 0 aliphatic carbocycles. The van der Waals surface area contributed by atoms with E-state index in [1.54, 1.807) is 12.1 Å². The van der Waals surface area contributed by atoms with Crippen molar-refractivity contribution >= 4 is 33.7 Å². The van der Waals surface area contributed by atoms with Crippen LogP contribution in [-0.4, -0.2) is 37.5 Å². The lowest BCUT2D eigenvalue weighted by atomic mass is 9.92. The number of fused-ring (bicyclic) bond motifs is 1. The van der Waals surface area contributed by atoms with E-state index in [-0.39, 0.29) is 11.3 Å². The third kappa shape index (κ3) is 2.18. The van der Waals surface area contributed by atoms with E-state index in [0.717, 1.165) is 14.2 Å². The Balaban J connectivity index is 2.48. The summed E-state index contributed by atoms with van der Waals surface area (Å²) in [7, 11) is 2.29. The Morgan fingerprint density at radius 2 is 2.00 bits per heavy atom. The molecule has 0 fully saturated rings. The standard InChI is InChI=1S/C13H11BrO6/c1-18-10(15)6-13(12(17)19-2)11(16)8-5-7(14)3-4-9(8)20-13/h3-5H,6H2,1-2H3/t13-/m1/s1. The van der Waals surface area contributed by atoms with Crippen molar-refractivity contribution in [2.75, 3.05) is 14.2 Å². The van der Waals surface area contributed by atoms with E-state index in [0.29, 0.717) is 4.47 Å². The number of Topliss-reactive ketones (excluding diaryl/α,β-unsaturated/α-hetero) is 1. The summed E-state index contributed by atoms with van der Waals surface area (Å²) in [6, 6.07) is 4.73. The van der Waals surface area contributed by atoms with Gasteiger partial charge in [-0.25, -0.2) is 4.79 Å². The number of methoxy groups -OCH3 is 2. The first-order valence-electron chi connectivity index (χ1n) is 5.63. The average Bonchev–Trinajstić information content (AvgIpc) is 2.72. The van der Waals surface area contributed by atoms with Crippen LogP contribution < -0.4 is 4.74 Å². The van der Waals surface area contributed by atoms with Gasteiger partial charge in [0.25, 0.3) is 5.60 Å². The minimum Gasteiger partial charge on any atom is -0.469 e. The van der Waals surface area contributed by atoms with Crippen LogP contribution in [0.3, 0.4) is 0 Å². The number of hydrogen-bond acceptors (Lipinski definition) is 6. The zero-order chi connectivity index (χ0) is 14.9. The van der Waals surface area contributed by atoms with Crippen LogP contribution in [0.2, 0.25) is 0 Å². The van der Waals surface area contributed by atoms with Gasteiger partial charge in [-0.2, -0.15) is 0 Å². The van der Waals surface area contributed by atoms with Gasteiger partial charge in [-0.1, -0.05) is 15.9 Å². The Morgan fingerprint density at radius 3 is 2.60 bits per heavy atom. The largest absolute Gasteiger partial charge is 0.469 e. The quantitative estimate of drug-likeness (QED) is 0.611. The number of ether oxygens (including phenoxy) is 3. The third-order valence-electron chi connectivity index (χ3n) is 2.97. The van der Waals surface area contributed by atoms with E-state index in [2.05, 4.69) is 25.4 Å². The first kappa shape index (κ1) is 14.5. The van der Waals surface area contributed by atoms with Crippen molar-refractivity contribution < 1.29 is 28.6 Å². The molecular weight excluding hydrogens is 332 g/mol. The number of rotatable bonds is 3. The van der Waals surface area contributed by atoms with Crippen molar-refractivity contribution in [2.45, 2.75) is 12.0 Å². The SMILES string of the molecule is COC(=O)C[C@@]1(C(=O)OC)Oc2ccc(Br)cc2C1=O. The van der Waals surface area contributed by atoms with E-state index in [4.69, 9.17) is 4.74 Å². The monoisotopic (exact) mass is 342 g/mol. The summed E-state index contributed by atoms with van der Waals surface area (Å²) in [5.74, 6) is -2.06. The fourth-order valence-electron chi connectivity index (χ4n) is 1.98. The summed E-state index contributed by atoms with van der Waals surface area (Å²) in [5, 5.41) is 0. The number of carbonyl (C=O) groups is 3. The molecule has 1 aliphatic heterocycles. The zero-order valence-corrected chi connectivity index (χ0v) is 12.4. The number of halogens is 1. The van der Waals surface area contributed by atoms with Crippen LogP contribution in [0, 0.1) is 0 Å². The van der Waals surface area contributed by atoms with Gasteiger partial charge >= 0.3 is 11.9 Å². The number of carbonyl (C=O) groups excluding carboxylic acids is 3. The maximum absolute atomic E-state index is 12.5. The zero-order valence-electron chi connectivity index (χ0n) is 10.8. The Kier molecular flexibility index (Phi) is 3.80. The molecule has 0 saturated heterocycles. The molecular formula is C13H11BrO6. The molecule has 6 nitrogen and oxygen atoms in total. The van der Waals surface area contributed by atoms with Crippen molar-refractivity contribution in [3.05, 3.63) is 28.2 Å². The van der Waals surface area contributed by atoms with Crippen molar-refractivity contribution in [1.82, 2.24) is 0 Å². The van der Waals surface area contributed by atoms with Gasteiger partial charge < -0.3 is 14.2 Å². The number of ketones is 1. The molecule has 1 atom stereocenters. The summed E-state index contributed by atoms with van der Waals surface area (Å²) in [4.78, 5) is 35.9. The van der Waals surface area contributed by atoms with Crippen LogP contribution in [0.15, 0.2) is 22.7 Å². The summed E-state index contributed by atoms with van der Waals surface area (Å²) >= 11 is 3.23. The molecule has 0 bridgehead atoms. The second kappa shape index (κ2) is 5.24. The maximum Gasteiger partial charge on any atom is 0.359 e. The normalized spacial score (nSPS) is 20.1. The number of esters is 2. The van der Waals surface area contributed by atoms with Gasteiger partial charge in [-0.3, -0.25) is 9.59 Å². The van der Waals surface area contributed by atoms with Crippen molar-refractivity contribution in [3.8, 4) is 5.75 Å². The minimum absolute atomic E-state index is 0.216. The number of hydrogen-bond donors (Lipinski definition) is 0. The smallest absolute Gasteiger partial charge is 0.359 e. The summed E-state index contributed by atoms with van der Waals surface area (Å²) < 4.78 is 15.2. The highest BCUT2D eigenvalue weighted by molar-refractivity contribution is 9.10. The molecule has 0 spiro atoms. The highest BCUT2D eigenvalue weighted by Crippen LogP contribution is 2.39. The second-order valence-corrected chi connectivity index (χ2v) is 5.06. The molecule has 1 heterocycles.